The van der Waals surface area contributed by atoms with E-state index in [1.165, 1.54) is 11.3 Å². The SMILES string of the molecule is CCNCCC(C)(C)c1nnc(C(N)=O)s1. The maximum absolute atomic E-state index is 10.9. The van der Waals surface area contributed by atoms with Gasteiger partial charge < -0.3 is 11.1 Å². The van der Waals surface area contributed by atoms with Gasteiger partial charge in [0.2, 0.25) is 5.01 Å². The molecular formula is C10H18N4OS. The number of carbonyl (C=O) groups is 1. The highest BCUT2D eigenvalue weighted by Crippen LogP contribution is 2.28. The van der Waals surface area contributed by atoms with Crippen LogP contribution in [0.4, 0.5) is 0 Å². The van der Waals surface area contributed by atoms with E-state index in [1.807, 2.05) is 0 Å². The maximum atomic E-state index is 10.9. The molecule has 1 rings (SSSR count). The Morgan fingerprint density at radius 1 is 1.50 bits per heavy atom. The van der Waals surface area contributed by atoms with E-state index >= 15 is 0 Å². The van der Waals surface area contributed by atoms with E-state index in [4.69, 9.17) is 5.73 Å². The number of hydrogen-bond donors (Lipinski definition) is 2. The molecule has 0 aromatic carbocycles. The first-order chi connectivity index (χ1) is 7.47. The molecule has 0 radical (unpaired) electrons. The van der Waals surface area contributed by atoms with E-state index in [0.717, 1.165) is 24.5 Å². The summed E-state index contributed by atoms with van der Waals surface area (Å²) < 4.78 is 0. The van der Waals surface area contributed by atoms with E-state index < -0.39 is 5.91 Å². The summed E-state index contributed by atoms with van der Waals surface area (Å²) in [6.07, 6.45) is 0.953. The van der Waals surface area contributed by atoms with Crippen LogP contribution >= 0.6 is 11.3 Å². The van der Waals surface area contributed by atoms with Crippen LogP contribution in [0, 0.1) is 0 Å². The predicted octanol–water partition coefficient (Wildman–Crippen LogP) is 0.914. The van der Waals surface area contributed by atoms with Gasteiger partial charge in [0.05, 0.1) is 0 Å². The van der Waals surface area contributed by atoms with Crippen molar-refractivity contribution in [1.29, 1.82) is 0 Å². The minimum absolute atomic E-state index is 0.0759. The van der Waals surface area contributed by atoms with E-state index in [2.05, 4.69) is 36.3 Å². The average molecular weight is 242 g/mol. The zero-order valence-electron chi connectivity index (χ0n) is 9.91. The normalized spacial score (nSPS) is 11.7. The van der Waals surface area contributed by atoms with Gasteiger partial charge in [0.1, 0.15) is 5.01 Å². The Balaban J connectivity index is 2.69. The van der Waals surface area contributed by atoms with E-state index in [9.17, 15) is 4.79 Å². The molecule has 0 saturated carbocycles. The van der Waals surface area contributed by atoms with Crippen LogP contribution < -0.4 is 11.1 Å². The van der Waals surface area contributed by atoms with Crippen LogP contribution in [-0.4, -0.2) is 29.2 Å². The lowest BCUT2D eigenvalue weighted by molar-refractivity contribution is 0.0999. The van der Waals surface area contributed by atoms with E-state index in [1.54, 1.807) is 0 Å². The molecule has 1 aromatic rings. The highest BCUT2D eigenvalue weighted by Gasteiger charge is 2.25. The molecule has 90 valence electrons. The van der Waals surface area contributed by atoms with Crippen molar-refractivity contribution < 1.29 is 4.79 Å². The second-order valence-electron chi connectivity index (χ2n) is 4.26. The summed E-state index contributed by atoms with van der Waals surface area (Å²) in [6, 6.07) is 0. The van der Waals surface area contributed by atoms with Gasteiger partial charge in [0.25, 0.3) is 5.91 Å². The van der Waals surface area contributed by atoms with Crippen LogP contribution in [0.25, 0.3) is 0 Å². The van der Waals surface area contributed by atoms with Crippen molar-refractivity contribution in [2.45, 2.75) is 32.6 Å². The molecule has 1 amide bonds. The highest BCUT2D eigenvalue weighted by atomic mass is 32.1. The van der Waals surface area contributed by atoms with Crippen LogP contribution in [-0.2, 0) is 5.41 Å². The van der Waals surface area contributed by atoms with Gasteiger partial charge in [-0.05, 0) is 19.5 Å². The van der Waals surface area contributed by atoms with Gasteiger partial charge in [-0.25, -0.2) is 0 Å². The van der Waals surface area contributed by atoms with Gasteiger partial charge in [0, 0.05) is 5.41 Å². The number of nitrogens with zero attached hydrogens (tertiary/aromatic N) is 2. The van der Waals surface area contributed by atoms with Crippen molar-refractivity contribution in [3.05, 3.63) is 10.0 Å². The molecule has 0 unspecified atom stereocenters. The molecule has 16 heavy (non-hydrogen) atoms. The Kier molecular flexibility index (Phi) is 4.37. The third-order valence-corrected chi connectivity index (χ3v) is 3.70. The molecule has 0 aliphatic heterocycles. The molecule has 0 aliphatic carbocycles. The number of nitrogens with one attached hydrogen (secondary N) is 1. The largest absolute Gasteiger partial charge is 0.363 e. The molecule has 0 bridgehead atoms. The fourth-order valence-electron chi connectivity index (χ4n) is 1.28. The third-order valence-electron chi connectivity index (χ3n) is 2.39. The number of primary amides is 1. The van der Waals surface area contributed by atoms with Crippen LogP contribution in [0.15, 0.2) is 0 Å². The molecule has 0 saturated heterocycles. The fraction of sp³-hybridized carbons (Fsp3) is 0.700. The number of amides is 1. The van der Waals surface area contributed by atoms with E-state index in [-0.39, 0.29) is 10.4 Å². The predicted molar refractivity (Wildman–Crippen MR) is 64.6 cm³/mol. The Labute approximate surface area is 99.5 Å². The Morgan fingerprint density at radius 3 is 2.69 bits per heavy atom. The second kappa shape index (κ2) is 5.36. The van der Waals surface area contributed by atoms with Gasteiger partial charge in [0.15, 0.2) is 0 Å². The summed E-state index contributed by atoms with van der Waals surface area (Å²) in [5, 5.41) is 12.2. The number of hydrogen-bond acceptors (Lipinski definition) is 5. The quantitative estimate of drug-likeness (QED) is 0.727. The molecule has 5 nitrogen and oxygen atoms in total. The standard InChI is InChI=1S/C10H18N4OS/c1-4-12-6-5-10(2,3)9-14-13-8(16-9)7(11)15/h12H,4-6H2,1-3H3,(H2,11,15). The molecule has 0 fully saturated rings. The van der Waals surface area contributed by atoms with Crippen molar-refractivity contribution in [2.24, 2.45) is 5.73 Å². The first kappa shape index (κ1) is 13.1. The molecule has 6 heteroatoms. The Bertz CT molecular complexity index is 361. The van der Waals surface area contributed by atoms with Gasteiger partial charge in [-0.2, -0.15) is 0 Å². The highest BCUT2D eigenvalue weighted by molar-refractivity contribution is 7.13. The van der Waals surface area contributed by atoms with Gasteiger partial charge in [-0.3, -0.25) is 4.79 Å². The third kappa shape index (κ3) is 3.24. The summed E-state index contributed by atoms with van der Waals surface area (Å²) in [5.74, 6) is -0.508. The second-order valence-corrected chi connectivity index (χ2v) is 5.24. The summed E-state index contributed by atoms with van der Waals surface area (Å²) >= 11 is 1.28. The minimum atomic E-state index is -0.508. The van der Waals surface area contributed by atoms with Crippen molar-refractivity contribution in [3.8, 4) is 0 Å². The number of nitrogens with two attached hydrogens (primary N) is 1. The zero-order chi connectivity index (χ0) is 12.2. The topological polar surface area (TPSA) is 80.9 Å². The average Bonchev–Trinajstić information content (AvgIpc) is 2.67. The minimum Gasteiger partial charge on any atom is -0.363 e. The van der Waals surface area contributed by atoms with Crippen LogP contribution in [0.2, 0.25) is 0 Å². The van der Waals surface area contributed by atoms with Crippen LogP contribution in [0.3, 0.4) is 0 Å². The summed E-state index contributed by atoms with van der Waals surface area (Å²) in [5.41, 5.74) is 5.07. The molecule has 1 heterocycles. The first-order valence-electron chi connectivity index (χ1n) is 5.32. The van der Waals surface area contributed by atoms with Gasteiger partial charge in [-0.1, -0.05) is 32.1 Å². The number of carbonyl (C=O) groups excluding carboxylic acids is 1. The summed E-state index contributed by atoms with van der Waals surface area (Å²) in [7, 11) is 0. The fourth-order valence-corrected chi connectivity index (χ4v) is 2.11. The Morgan fingerprint density at radius 2 is 2.19 bits per heavy atom. The van der Waals surface area contributed by atoms with Crippen LogP contribution in [0.5, 0.6) is 0 Å². The van der Waals surface area contributed by atoms with Crippen LogP contribution in [0.1, 0.15) is 42.0 Å². The molecule has 0 atom stereocenters. The number of rotatable bonds is 6. The lowest BCUT2D eigenvalue weighted by atomic mass is 9.90. The van der Waals surface area contributed by atoms with E-state index in [0.29, 0.717) is 0 Å². The number of aromatic nitrogens is 2. The lowest BCUT2D eigenvalue weighted by Gasteiger charge is -2.20. The zero-order valence-corrected chi connectivity index (χ0v) is 10.7. The monoisotopic (exact) mass is 242 g/mol. The smallest absolute Gasteiger partial charge is 0.279 e. The van der Waals surface area contributed by atoms with Gasteiger partial charge >= 0.3 is 0 Å². The molecule has 0 aliphatic rings. The molecule has 1 aromatic heterocycles. The molecule has 0 spiro atoms. The lowest BCUT2D eigenvalue weighted by Crippen LogP contribution is -2.25. The van der Waals surface area contributed by atoms with Crippen molar-refractivity contribution >= 4 is 17.2 Å². The van der Waals surface area contributed by atoms with Crippen molar-refractivity contribution in [2.75, 3.05) is 13.1 Å². The van der Waals surface area contributed by atoms with Crippen molar-refractivity contribution in [1.82, 2.24) is 15.5 Å². The van der Waals surface area contributed by atoms with Crippen molar-refractivity contribution in [3.63, 3.8) is 0 Å². The summed E-state index contributed by atoms with van der Waals surface area (Å²) in [6.45, 7) is 8.14. The Hall–Kier alpha value is -1.01. The molecule has 3 N–H and O–H groups in total. The maximum Gasteiger partial charge on any atom is 0.279 e. The summed E-state index contributed by atoms with van der Waals surface area (Å²) in [4.78, 5) is 10.9. The van der Waals surface area contributed by atoms with Gasteiger partial charge in [-0.15, -0.1) is 10.2 Å². The molecular weight excluding hydrogens is 224 g/mol. The first-order valence-corrected chi connectivity index (χ1v) is 6.13.